The standard InChI is InChI=1S/C25H24N6O2/c1-17-18(2)30(14-20-7-5-4-6-8-20)24-23(17)25-28-22(29-31(25)16-26-24)15-33-27-13-19-9-11-21(32-3)12-10-19/h4-13,16H,14-15H2,1-3H3. The molecule has 8 nitrogen and oxygen atoms in total. The minimum Gasteiger partial charge on any atom is -0.497 e. The lowest BCUT2D eigenvalue weighted by Gasteiger charge is -2.07. The second-order valence-corrected chi connectivity index (χ2v) is 7.80. The largest absolute Gasteiger partial charge is 0.497 e. The first-order valence-corrected chi connectivity index (χ1v) is 10.7. The number of hydrogen-bond donors (Lipinski definition) is 0. The third-order valence-corrected chi connectivity index (χ3v) is 5.76. The number of benzene rings is 2. The fraction of sp³-hybridized carbons (Fsp3) is 0.200. The van der Waals surface area contributed by atoms with Crippen molar-refractivity contribution >= 4 is 22.9 Å². The molecule has 0 saturated carbocycles. The van der Waals surface area contributed by atoms with Crippen LogP contribution in [0.1, 0.15) is 28.2 Å². The maximum Gasteiger partial charge on any atom is 0.192 e. The summed E-state index contributed by atoms with van der Waals surface area (Å²) in [7, 11) is 1.64. The van der Waals surface area contributed by atoms with E-state index in [1.807, 2.05) is 30.3 Å². The van der Waals surface area contributed by atoms with Crippen LogP contribution < -0.4 is 4.74 Å². The van der Waals surface area contributed by atoms with Crippen LogP contribution in [-0.2, 0) is 18.0 Å². The molecule has 0 saturated heterocycles. The van der Waals surface area contributed by atoms with E-state index in [1.54, 1.807) is 24.2 Å². The van der Waals surface area contributed by atoms with Gasteiger partial charge in [0.05, 0.1) is 18.7 Å². The Morgan fingerprint density at radius 3 is 2.55 bits per heavy atom. The van der Waals surface area contributed by atoms with E-state index in [4.69, 9.17) is 19.5 Å². The lowest BCUT2D eigenvalue weighted by atomic mass is 10.2. The van der Waals surface area contributed by atoms with E-state index in [2.05, 4.69) is 52.9 Å². The molecule has 8 heteroatoms. The van der Waals surface area contributed by atoms with Crippen molar-refractivity contribution in [3.8, 4) is 5.75 Å². The maximum absolute atomic E-state index is 5.43. The van der Waals surface area contributed by atoms with Gasteiger partial charge in [0.25, 0.3) is 0 Å². The SMILES string of the molecule is COc1ccc(C=NOCc2nc3c4c(C)c(C)n(Cc5ccccc5)c4ncn3n2)cc1. The molecule has 166 valence electrons. The number of methoxy groups -OCH3 is 1. The van der Waals surface area contributed by atoms with Gasteiger partial charge in [-0.2, -0.15) is 0 Å². The summed E-state index contributed by atoms with van der Waals surface area (Å²) >= 11 is 0. The van der Waals surface area contributed by atoms with E-state index < -0.39 is 0 Å². The molecule has 0 N–H and O–H groups in total. The van der Waals surface area contributed by atoms with Crippen LogP contribution in [0, 0.1) is 13.8 Å². The highest BCUT2D eigenvalue weighted by atomic mass is 16.6. The molecular weight excluding hydrogens is 416 g/mol. The minimum absolute atomic E-state index is 0.165. The summed E-state index contributed by atoms with van der Waals surface area (Å²) in [4.78, 5) is 14.8. The molecular formula is C25H24N6O2. The Morgan fingerprint density at radius 2 is 1.79 bits per heavy atom. The fourth-order valence-corrected chi connectivity index (χ4v) is 3.88. The predicted molar refractivity (Wildman–Crippen MR) is 127 cm³/mol. The van der Waals surface area contributed by atoms with Crippen LogP contribution >= 0.6 is 0 Å². The molecule has 0 fully saturated rings. The number of rotatable bonds is 7. The van der Waals surface area contributed by atoms with Crippen LogP contribution in [0.15, 0.2) is 66.1 Å². The van der Waals surface area contributed by atoms with Gasteiger partial charge in [-0.15, -0.1) is 5.10 Å². The van der Waals surface area contributed by atoms with E-state index in [0.29, 0.717) is 5.82 Å². The smallest absolute Gasteiger partial charge is 0.192 e. The van der Waals surface area contributed by atoms with E-state index in [0.717, 1.165) is 40.1 Å². The average molecular weight is 441 g/mol. The molecule has 2 aromatic carbocycles. The minimum atomic E-state index is 0.165. The Bertz CT molecular complexity index is 1440. The molecule has 0 radical (unpaired) electrons. The summed E-state index contributed by atoms with van der Waals surface area (Å²) in [5.74, 6) is 1.34. The van der Waals surface area contributed by atoms with Gasteiger partial charge in [0.2, 0.25) is 0 Å². The summed E-state index contributed by atoms with van der Waals surface area (Å²) in [5.41, 5.74) is 6.12. The van der Waals surface area contributed by atoms with Crippen molar-refractivity contribution in [1.82, 2.24) is 24.1 Å². The molecule has 0 atom stereocenters. The highest BCUT2D eigenvalue weighted by Gasteiger charge is 2.18. The number of ether oxygens (including phenoxy) is 1. The molecule has 0 aliphatic heterocycles. The second kappa shape index (κ2) is 8.74. The van der Waals surface area contributed by atoms with Crippen molar-refractivity contribution in [3.05, 3.63) is 89.1 Å². The summed E-state index contributed by atoms with van der Waals surface area (Å²) in [6, 6.07) is 17.9. The molecule has 0 bridgehead atoms. The second-order valence-electron chi connectivity index (χ2n) is 7.80. The first kappa shape index (κ1) is 20.7. The first-order chi connectivity index (χ1) is 16.1. The van der Waals surface area contributed by atoms with Gasteiger partial charge in [-0.25, -0.2) is 14.5 Å². The number of aromatic nitrogens is 5. The van der Waals surface area contributed by atoms with Gasteiger partial charge in [-0.05, 0) is 54.8 Å². The molecule has 0 unspecified atom stereocenters. The monoisotopic (exact) mass is 440 g/mol. The third kappa shape index (κ3) is 4.03. The zero-order chi connectivity index (χ0) is 22.8. The van der Waals surface area contributed by atoms with Crippen molar-refractivity contribution in [1.29, 1.82) is 0 Å². The molecule has 0 aliphatic rings. The van der Waals surface area contributed by atoms with Crippen molar-refractivity contribution in [2.24, 2.45) is 5.16 Å². The van der Waals surface area contributed by atoms with Gasteiger partial charge in [-0.1, -0.05) is 35.5 Å². The Hall–Kier alpha value is -4.20. The molecule has 3 aromatic heterocycles. The van der Waals surface area contributed by atoms with Crippen LogP contribution in [0.25, 0.3) is 16.7 Å². The van der Waals surface area contributed by atoms with Crippen molar-refractivity contribution < 1.29 is 9.57 Å². The average Bonchev–Trinajstić information content (AvgIpc) is 3.37. The van der Waals surface area contributed by atoms with Gasteiger partial charge in [0.1, 0.15) is 17.7 Å². The van der Waals surface area contributed by atoms with Crippen LogP contribution in [0.3, 0.4) is 0 Å². The fourth-order valence-electron chi connectivity index (χ4n) is 3.88. The zero-order valence-corrected chi connectivity index (χ0v) is 18.8. The van der Waals surface area contributed by atoms with Crippen LogP contribution in [0.5, 0.6) is 5.75 Å². The zero-order valence-electron chi connectivity index (χ0n) is 18.8. The lowest BCUT2D eigenvalue weighted by Crippen LogP contribution is -2.03. The van der Waals surface area contributed by atoms with Gasteiger partial charge < -0.3 is 14.1 Å². The van der Waals surface area contributed by atoms with Crippen LogP contribution in [0.2, 0.25) is 0 Å². The van der Waals surface area contributed by atoms with Crippen molar-refractivity contribution in [2.45, 2.75) is 27.0 Å². The van der Waals surface area contributed by atoms with E-state index >= 15 is 0 Å². The summed E-state index contributed by atoms with van der Waals surface area (Å²) in [5, 5.41) is 9.55. The Balaban J connectivity index is 1.39. The Kier molecular flexibility index (Phi) is 5.48. The Morgan fingerprint density at radius 1 is 1.00 bits per heavy atom. The van der Waals surface area contributed by atoms with Crippen LogP contribution in [0.4, 0.5) is 0 Å². The van der Waals surface area contributed by atoms with Crippen LogP contribution in [-0.4, -0.2) is 37.5 Å². The predicted octanol–water partition coefficient (Wildman–Crippen LogP) is 4.30. The van der Waals surface area contributed by atoms with Crippen molar-refractivity contribution in [3.63, 3.8) is 0 Å². The summed E-state index contributed by atoms with van der Waals surface area (Å²) in [6.07, 6.45) is 3.35. The Labute approximate surface area is 191 Å². The topological polar surface area (TPSA) is 78.8 Å². The maximum atomic E-state index is 5.43. The lowest BCUT2D eigenvalue weighted by molar-refractivity contribution is 0.126. The van der Waals surface area contributed by atoms with E-state index in [9.17, 15) is 0 Å². The quantitative estimate of drug-likeness (QED) is 0.278. The number of nitrogens with zero attached hydrogens (tertiary/aromatic N) is 6. The van der Waals surface area contributed by atoms with E-state index in [1.165, 1.54) is 11.3 Å². The van der Waals surface area contributed by atoms with Gasteiger partial charge in [-0.3, -0.25) is 0 Å². The summed E-state index contributed by atoms with van der Waals surface area (Å²) in [6.45, 7) is 5.14. The molecule has 0 spiro atoms. The molecule has 3 heterocycles. The molecule has 5 aromatic rings. The molecule has 0 amide bonds. The number of hydrogen-bond acceptors (Lipinski definition) is 6. The van der Waals surface area contributed by atoms with Gasteiger partial charge in [0.15, 0.2) is 18.1 Å². The highest BCUT2D eigenvalue weighted by molar-refractivity contribution is 5.93. The normalized spacial score (nSPS) is 11.6. The molecule has 0 aliphatic carbocycles. The van der Waals surface area contributed by atoms with E-state index in [-0.39, 0.29) is 6.61 Å². The van der Waals surface area contributed by atoms with Gasteiger partial charge in [0, 0.05) is 12.2 Å². The molecule has 33 heavy (non-hydrogen) atoms. The number of aryl methyl sites for hydroxylation is 1. The van der Waals surface area contributed by atoms with Crippen molar-refractivity contribution in [2.75, 3.05) is 7.11 Å². The van der Waals surface area contributed by atoms with Gasteiger partial charge >= 0.3 is 0 Å². The third-order valence-electron chi connectivity index (χ3n) is 5.76. The number of oxime groups is 1. The molecule has 5 rings (SSSR count). The number of fused-ring (bicyclic) bond motifs is 3. The highest BCUT2D eigenvalue weighted by Crippen LogP contribution is 2.27. The summed E-state index contributed by atoms with van der Waals surface area (Å²) < 4.78 is 9.09. The first-order valence-electron chi connectivity index (χ1n) is 10.7.